The van der Waals surface area contributed by atoms with Gasteiger partial charge in [0.1, 0.15) is 5.78 Å². The van der Waals surface area contributed by atoms with Gasteiger partial charge >= 0.3 is 5.97 Å². The summed E-state index contributed by atoms with van der Waals surface area (Å²) in [7, 11) is 0. The quantitative estimate of drug-likeness (QED) is 0.625. The Hall–Kier alpha value is -1.20. The zero-order valence-corrected chi connectivity index (χ0v) is 18.1. The highest BCUT2D eigenvalue weighted by molar-refractivity contribution is 5.79. The predicted octanol–water partition coefficient (Wildman–Crippen LogP) is 3.58. The van der Waals surface area contributed by atoms with E-state index in [-0.39, 0.29) is 17.3 Å². The van der Waals surface area contributed by atoms with E-state index < -0.39 is 29.0 Å². The molecular formula is C24H36O5. The van der Waals surface area contributed by atoms with Crippen LogP contribution in [0.5, 0.6) is 0 Å². The Bertz CT molecular complexity index is 754. The molecule has 5 nitrogen and oxygen atoms in total. The van der Waals surface area contributed by atoms with Gasteiger partial charge < -0.3 is 15.3 Å². The van der Waals surface area contributed by atoms with Crippen molar-refractivity contribution in [3.05, 3.63) is 11.6 Å². The summed E-state index contributed by atoms with van der Waals surface area (Å²) in [5, 5.41) is 31.3. The Morgan fingerprint density at radius 3 is 2.48 bits per heavy atom. The van der Waals surface area contributed by atoms with Gasteiger partial charge in [0.25, 0.3) is 0 Å². The molecule has 5 heteroatoms. The first-order valence-electron chi connectivity index (χ1n) is 11.3. The third kappa shape index (κ3) is 2.79. The van der Waals surface area contributed by atoms with Gasteiger partial charge in [-0.25, -0.2) is 4.79 Å². The van der Waals surface area contributed by atoms with Crippen molar-refractivity contribution in [1.29, 1.82) is 0 Å². The number of fused-ring (bicyclic) bond motifs is 5. The van der Waals surface area contributed by atoms with Gasteiger partial charge in [0.05, 0.1) is 6.10 Å². The molecule has 0 aromatic carbocycles. The molecule has 9 atom stereocenters. The normalized spacial score (nSPS) is 48.6. The first kappa shape index (κ1) is 21.0. The number of hydrogen-bond donors (Lipinski definition) is 3. The van der Waals surface area contributed by atoms with Gasteiger partial charge in [0.15, 0.2) is 5.60 Å². The molecule has 4 aliphatic rings. The molecule has 0 radical (unpaired) electrons. The molecule has 4 aliphatic carbocycles. The van der Waals surface area contributed by atoms with Crippen LogP contribution in [0.3, 0.4) is 0 Å². The van der Waals surface area contributed by atoms with Crippen molar-refractivity contribution in [3.63, 3.8) is 0 Å². The fraction of sp³-hybridized carbons (Fsp3) is 0.833. The van der Waals surface area contributed by atoms with Crippen LogP contribution in [0.4, 0.5) is 0 Å². The fourth-order valence-electron chi connectivity index (χ4n) is 8.37. The first-order chi connectivity index (χ1) is 13.4. The molecule has 0 aromatic rings. The van der Waals surface area contributed by atoms with Crippen LogP contribution in [0.1, 0.15) is 72.6 Å². The van der Waals surface area contributed by atoms with Crippen LogP contribution in [0, 0.1) is 40.4 Å². The molecule has 0 bridgehead atoms. The number of aliphatic carboxylic acids is 1. The van der Waals surface area contributed by atoms with Crippen molar-refractivity contribution in [2.45, 2.75) is 84.3 Å². The maximum absolute atomic E-state index is 12.3. The number of carboxylic acids is 1. The Kier molecular flexibility index (Phi) is 4.83. The third-order valence-corrected chi connectivity index (χ3v) is 9.83. The van der Waals surface area contributed by atoms with E-state index in [1.54, 1.807) is 6.92 Å². The van der Waals surface area contributed by atoms with Crippen molar-refractivity contribution in [2.24, 2.45) is 40.4 Å². The lowest BCUT2D eigenvalue weighted by Gasteiger charge is -2.61. The van der Waals surface area contributed by atoms with E-state index >= 15 is 0 Å². The Labute approximate surface area is 173 Å². The molecular weight excluding hydrogens is 368 g/mol. The second kappa shape index (κ2) is 6.65. The first-order valence-corrected chi connectivity index (χ1v) is 11.3. The van der Waals surface area contributed by atoms with Crippen LogP contribution in [0.2, 0.25) is 0 Å². The Balaban J connectivity index is 1.76. The van der Waals surface area contributed by atoms with Gasteiger partial charge in [-0.1, -0.05) is 25.5 Å². The van der Waals surface area contributed by atoms with Gasteiger partial charge in [0.2, 0.25) is 0 Å². The summed E-state index contributed by atoms with van der Waals surface area (Å²) in [6, 6.07) is 0. The minimum atomic E-state index is -1.88. The molecule has 4 rings (SSSR count). The zero-order valence-electron chi connectivity index (χ0n) is 18.1. The number of Topliss-reactive ketones (excluding diaryl/α,β-unsaturated/α-hetero) is 1. The highest BCUT2D eigenvalue weighted by Crippen LogP contribution is 2.68. The minimum Gasteiger partial charge on any atom is -0.479 e. The molecule has 3 fully saturated rings. The highest BCUT2D eigenvalue weighted by Gasteiger charge is 2.64. The van der Waals surface area contributed by atoms with Crippen LogP contribution >= 0.6 is 0 Å². The summed E-state index contributed by atoms with van der Waals surface area (Å²) in [5.41, 5.74) is -1.14. The summed E-state index contributed by atoms with van der Waals surface area (Å²) in [4.78, 5) is 24.3. The molecule has 0 aliphatic heterocycles. The molecule has 0 amide bonds. The zero-order chi connectivity index (χ0) is 21.4. The fourth-order valence-corrected chi connectivity index (χ4v) is 8.37. The number of carbonyl (C=O) groups excluding carboxylic acids is 1. The second-order valence-corrected chi connectivity index (χ2v) is 11.0. The van der Waals surface area contributed by atoms with E-state index in [0.29, 0.717) is 30.5 Å². The van der Waals surface area contributed by atoms with Crippen LogP contribution < -0.4 is 0 Å². The molecule has 29 heavy (non-hydrogen) atoms. The van der Waals surface area contributed by atoms with Gasteiger partial charge in [-0.15, -0.1) is 0 Å². The lowest BCUT2D eigenvalue weighted by molar-refractivity contribution is -0.180. The van der Waals surface area contributed by atoms with Crippen LogP contribution in [-0.2, 0) is 9.59 Å². The largest absolute Gasteiger partial charge is 0.479 e. The predicted molar refractivity (Wildman–Crippen MR) is 109 cm³/mol. The molecule has 0 saturated heterocycles. The topological polar surface area (TPSA) is 94.8 Å². The van der Waals surface area contributed by atoms with Crippen LogP contribution in [0.25, 0.3) is 0 Å². The van der Waals surface area contributed by atoms with E-state index in [2.05, 4.69) is 19.9 Å². The van der Waals surface area contributed by atoms with Gasteiger partial charge in [0, 0.05) is 11.8 Å². The maximum Gasteiger partial charge on any atom is 0.335 e. The van der Waals surface area contributed by atoms with E-state index in [9.17, 15) is 24.9 Å². The number of ketones is 1. The van der Waals surface area contributed by atoms with E-state index in [1.165, 1.54) is 6.92 Å². The number of carboxylic acid groups (broad SMARTS) is 1. The van der Waals surface area contributed by atoms with Crippen molar-refractivity contribution in [1.82, 2.24) is 0 Å². The van der Waals surface area contributed by atoms with Gasteiger partial charge in [-0.05, 0) is 87.4 Å². The molecule has 0 heterocycles. The van der Waals surface area contributed by atoms with Crippen molar-refractivity contribution in [2.75, 3.05) is 0 Å². The van der Waals surface area contributed by atoms with Crippen LogP contribution in [-0.4, -0.2) is 38.8 Å². The third-order valence-electron chi connectivity index (χ3n) is 9.83. The minimum absolute atomic E-state index is 0.0354. The van der Waals surface area contributed by atoms with Crippen molar-refractivity contribution < 1.29 is 24.9 Å². The highest BCUT2D eigenvalue weighted by atomic mass is 16.4. The lowest BCUT2D eigenvalue weighted by Crippen LogP contribution is -2.60. The number of hydrogen-bond acceptors (Lipinski definition) is 4. The summed E-state index contributed by atoms with van der Waals surface area (Å²) < 4.78 is 0. The number of rotatable bonds is 3. The smallest absolute Gasteiger partial charge is 0.335 e. The molecule has 3 saturated carbocycles. The molecule has 162 valence electrons. The van der Waals surface area contributed by atoms with Gasteiger partial charge in [-0.3, -0.25) is 4.79 Å². The molecule has 0 spiro atoms. The number of carbonyl (C=O) groups is 2. The van der Waals surface area contributed by atoms with Crippen molar-refractivity contribution >= 4 is 11.8 Å². The summed E-state index contributed by atoms with van der Waals surface area (Å²) >= 11 is 0. The van der Waals surface area contributed by atoms with Gasteiger partial charge in [-0.2, -0.15) is 0 Å². The maximum atomic E-state index is 12.3. The Morgan fingerprint density at radius 1 is 1.17 bits per heavy atom. The molecule has 3 N–H and O–H groups in total. The lowest BCUT2D eigenvalue weighted by atomic mass is 9.43. The summed E-state index contributed by atoms with van der Waals surface area (Å²) in [5.74, 6) is -0.130. The van der Waals surface area contributed by atoms with Crippen molar-refractivity contribution in [3.8, 4) is 0 Å². The molecule has 5 unspecified atom stereocenters. The molecule has 0 aromatic heterocycles. The average Bonchev–Trinajstić information content (AvgIpc) is 2.99. The number of aliphatic hydroxyl groups is 2. The SMILES string of the molecule is CC(=O)[C@H]1CCC2C3CC=C4C[C@@H](O)CC(C(C)(O)C(=O)O)[C@@]4(C)C3CC[C@@]21C. The monoisotopic (exact) mass is 404 g/mol. The summed E-state index contributed by atoms with van der Waals surface area (Å²) in [6.07, 6.45) is 7.42. The standard InChI is InChI=1S/C24H36O5/c1-13(25)17-7-8-18-16-6-5-14-11-15(26)12-20(24(4,29)21(27)28)23(14,3)19(16)9-10-22(17,18)2/h5,15-20,26,29H,6-12H2,1-4H3,(H,27,28)/t15-,16?,17-,18?,19?,20?,22-,23-,24?/m1/s1. The summed E-state index contributed by atoms with van der Waals surface area (Å²) in [6.45, 7) is 7.57. The second-order valence-electron chi connectivity index (χ2n) is 11.0. The number of aliphatic hydroxyl groups excluding tert-OH is 1. The van der Waals surface area contributed by atoms with Crippen LogP contribution in [0.15, 0.2) is 11.6 Å². The van der Waals surface area contributed by atoms with E-state index in [4.69, 9.17) is 0 Å². The van der Waals surface area contributed by atoms with E-state index in [0.717, 1.165) is 37.7 Å². The van der Waals surface area contributed by atoms with E-state index in [1.807, 2.05) is 0 Å². The number of allylic oxidation sites excluding steroid dienone is 1. The Morgan fingerprint density at radius 2 is 1.86 bits per heavy atom. The average molecular weight is 405 g/mol.